The maximum atomic E-state index is 12.0. The number of aromatic nitrogens is 1. The molecule has 0 aliphatic rings. The van der Waals surface area contributed by atoms with Gasteiger partial charge in [-0.25, -0.2) is 0 Å². The number of carbonyl (C=O) groups excluding carboxylic acids is 1. The van der Waals surface area contributed by atoms with Gasteiger partial charge in [-0.1, -0.05) is 0 Å². The summed E-state index contributed by atoms with van der Waals surface area (Å²) in [6.45, 7) is 0. The van der Waals surface area contributed by atoms with Crippen molar-refractivity contribution in [2.75, 3.05) is 0 Å². The van der Waals surface area contributed by atoms with Gasteiger partial charge in [-0.15, -0.1) is 13.2 Å². The first kappa shape index (κ1) is 12.2. The topological polar surface area (TPSA) is 59.2 Å². The standard InChI is InChI=1S/C11H6F3NO3/c12-11(13,14)18-8-2-1-6-3-7(5-16)10(17)15-9(6)4-8/h1-5H,(H,15,17). The Morgan fingerprint density at radius 2 is 1.94 bits per heavy atom. The molecule has 0 aliphatic heterocycles. The van der Waals surface area contributed by atoms with Gasteiger partial charge < -0.3 is 9.72 Å². The smallest absolute Gasteiger partial charge is 0.406 e. The second-order valence-corrected chi connectivity index (χ2v) is 3.47. The van der Waals surface area contributed by atoms with Crippen LogP contribution in [0.25, 0.3) is 10.9 Å². The van der Waals surface area contributed by atoms with Crippen LogP contribution in [0.3, 0.4) is 0 Å². The molecular formula is C11H6F3NO3. The van der Waals surface area contributed by atoms with Crippen molar-refractivity contribution < 1.29 is 22.7 Å². The molecule has 0 atom stereocenters. The van der Waals surface area contributed by atoms with Crippen LogP contribution in [-0.4, -0.2) is 17.6 Å². The summed E-state index contributed by atoms with van der Waals surface area (Å²) in [5, 5.41) is 0.436. The normalized spacial score (nSPS) is 11.5. The van der Waals surface area contributed by atoms with Gasteiger partial charge >= 0.3 is 6.36 Å². The first-order chi connectivity index (χ1) is 8.39. The number of alkyl halides is 3. The van der Waals surface area contributed by atoms with Crippen LogP contribution in [0.1, 0.15) is 10.4 Å². The predicted molar refractivity (Wildman–Crippen MR) is 56.6 cm³/mol. The molecular weight excluding hydrogens is 251 g/mol. The summed E-state index contributed by atoms with van der Waals surface area (Å²) >= 11 is 0. The molecule has 18 heavy (non-hydrogen) atoms. The van der Waals surface area contributed by atoms with Gasteiger partial charge in [0.15, 0.2) is 6.29 Å². The Hall–Kier alpha value is -2.31. The number of fused-ring (bicyclic) bond motifs is 1. The van der Waals surface area contributed by atoms with E-state index < -0.39 is 17.7 Å². The molecule has 0 radical (unpaired) electrons. The summed E-state index contributed by atoms with van der Waals surface area (Å²) in [6.07, 6.45) is -4.42. The third-order valence-corrected chi connectivity index (χ3v) is 2.21. The van der Waals surface area contributed by atoms with Crippen LogP contribution in [0.5, 0.6) is 5.75 Å². The van der Waals surface area contributed by atoms with Crippen LogP contribution in [-0.2, 0) is 0 Å². The van der Waals surface area contributed by atoms with Gasteiger partial charge in [0.1, 0.15) is 5.75 Å². The highest BCUT2D eigenvalue weighted by molar-refractivity contribution is 5.86. The number of halogens is 3. The summed E-state index contributed by atoms with van der Waals surface area (Å²) in [7, 11) is 0. The molecule has 94 valence electrons. The van der Waals surface area contributed by atoms with Crippen LogP contribution < -0.4 is 10.3 Å². The van der Waals surface area contributed by atoms with Crippen molar-refractivity contribution >= 4 is 17.2 Å². The molecule has 0 saturated carbocycles. The summed E-state index contributed by atoms with van der Waals surface area (Å²) in [5.41, 5.74) is -0.596. The maximum Gasteiger partial charge on any atom is 0.573 e. The zero-order chi connectivity index (χ0) is 13.3. The molecule has 1 N–H and O–H groups in total. The van der Waals surface area contributed by atoms with Crippen molar-refractivity contribution in [3.8, 4) is 5.75 Å². The van der Waals surface area contributed by atoms with E-state index in [0.29, 0.717) is 11.7 Å². The lowest BCUT2D eigenvalue weighted by Crippen LogP contribution is -2.17. The monoisotopic (exact) mass is 257 g/mol. The van der Waals surface area contributed by atoms with E-state index in [1.807, 2.05) is 0 Å². The molecule has 0 bridgehead atoms. The van der Waals surface area contributed by atoms with Crippen molar-refractivity contribution in [2.24, 2.45) is 0 Å². The van der Waals surface area contributed by atoms with E-state index in [2.05, 4.69) is 9.72 Å². The first-order valence-electron chi connectivity index (χ1n) is 4.77. The predicted octanol–water partition coefficient (Wildman–Crippen LogP) is 2.24. The van der Waals surface area contributed by atoms with Crippen LogP contribution in [0.15, 0.2) is 29.1 Å². The molecule has 0 aliphatic carbocycles. The molecule has 2 aromatic rings. The van der Waals surface area contributed by atoms with E-state index in [-0.39, 0.29) is 11.1 Å². The van der Waals surface area contributed by atoms with Crippen molar-refractivity contribution in [3.63, 3.8) is 0 Å². The van der Waals surface area contributed by atoms with Gasteiger partial charge in [0.05, 0.1) is 11.1 Å². The number of hydrogen-bond acceptors (Lipinski definition) is 3. The molecule has 4 nitrogen and oxygen atoms in total. The summed E-state index contributed by atoms with van der Waals surface area (Å²) in [6, 6.07) is 4.75. The number of H-pyrrole nitrogens is 1. The molecule has 1 heterocycles. The Labute approximate surface area is 98.0 Å². The second-order valence-electron chi connectivity index (χ2n) is 3.47. The average molecular weight is 257 g/mol. The fourth-order valence-electron chi connectivity index (χ4n) is 1.48. The summed E-state index contributed by atoms with van der Waals surface area (Å²) in [5.74, 6) is -0.440. The van der Waals surface area contributed by atoms with Gasteiger partial charge in [0.25, 0.3) is 5.56 Å². The Morgan fingerprint density at radius 3 is 2.56 bits per heavy atom. The Balaban J connectivity index is 2.52. The molecule has 1 aromatic heterocycles. The quantitative estimate of drug-likeness (QED) is 0.839. The van der Waals surface area contributed by atoms with Gasteiger partial charge in [-0.3, -0.25) is 9.59 Å². The minimum atomic E-state index is -4.79. The van der Waals surface area contributed by atoms with Gasteiger partial charge in [0, 0.05) is 6.07 Å². The van der Waals surface area contributed by atoms with Crippen LogP contribution >= 0.6 is 0 Å². The van der Waals surface area contributed by atoms with Crippen LogP contribution in [0.4, 0.5) is 13.2 Å². The third-order valence-electron chi connectivity index (χ3n) is 2.21. The van der Waals surface area contributed by atoms with Crippen molar-refractivity contribution in [2.45, 2.75) is 6.36 Å². The van der Waals surface area contributed by atoms with Crippen molar-refractivity contribution in [1.29, 1.82) is 0 Å². The first-order valence-corrected chi connectivity index (χ1v) is 4.77. The highest BCUT2D eigenvalue weighted by Gasteiger charge is 2.31. The molecule has 0 saturated heterocycles. The largest absolute Gasteiger partial charge is 0.573 e. The fraction of sp³-hybridized carbons (Fsp3) is 0.0909. The lowest BCUT2D eigenvalue weighted by atomic mass is 10.1. The van der Waals surface area contributed by atoms with Crippen molar-refractivity contribution in [1.82, 2.24) is 4.98 Å². The molecule has 2 rings (SSSR count). The Morgan fingerprint density at radius 1 is 1.22 bits per heavy atom. The Bertz CT molecular complexity index is 661. The van der Waals surface area contributed by atoms with Gasteiger partial charge in [-0.2, -0.15) is 0 Å². The number of carbonyl (C=O) groups is 1. The zero-order valence-corrected chi connectivity index (χ0v) is 8.75. The molecule has 0 unspecified atom stereocenters. The number of pyridine rings is 1. The van der Waals surface area contributed by atoms with E-state index in [9.17, 15) is 22.8 Å². The lowest BCUT2D eigenvalue weighted by Gasteiger charge is -2.09. The zero-order valence-electron chi connectivity index (χ0n) is 8.75. The lowest BCUT2D eigenvalue weighted by molar-refractivity contribution is -0.274. The van der Waals surface area contributed by atoms with Crippen molar-refractivity contribution in [3.05, 3.63) is 40.2 Å². The minimum Gasteiger partial charge on any atom is -0.406 e. The number of hydrogen-bond donors (Lipinski definition) is 1. The van der Waals surface area contributed by atoms with Gasteiger partial charge in [0.2, 0.25) is 0 Å². The van der Waals surface area contributed by atoms with E-state index in [4.69, 9.17) is 0 Å². The van der Waals surface area contributed by atoms with Crippen LogP contribution in [0, 0.1) is 0 Å². The van der Waals surface area contributed by atoms with Crippen LogP contribution in [0.2, 0.25) is 0 Å². The molecule has 7 heteroatoms. The van der Waals surface area contributed by atoms with E-state index in [1.54, 1.807) is 0 Å². The van der Waals surface area contributed by atoms with E-state index >= 15 is 0 Å². The van der Waals surface area contributed by atoms with Gasteiger partial charge in [-0.05, 0) is 23.6 Å². The molecule has 1 aromatic carbocycles. The molecule has 0 spiro atoms. The third kappa shape index (κ3) is 2.50. The van der Waals surface area contributed by atoms with E-state index in [1.165, 1.54) is 12.1 Å². The minimum absolute atomic E-state index is 0.0908. The number of aldehydes is 1. The Kier molecular flexibility index (Phi) is 2.82. The average Bonchev–Trinajstić information content (AvgIpc) is 2.25. The maximum absolute atomic E-state index is 12.0. The molecule has 0 fully saturated rings. The number of ether oxygens (including phenoxy) is 1. The summed E-state index contributed by atoms with van der Waals surface area (Å²) in [4.78, 5) is 24.1. The van der Waals surface area contributed by atoms with E-state index in [0.717, 1.165) is 12.1 Å². The number of rotatable bonds is 2. The highest BCUT2D eigenvalue weighted by atomic mass is 19.4. The summed E-state index contributed by atoms with van der Waals surface area (Å²) < 4.78 is 39.7. The highest BCUT2D eigenvalue weighted by Crippen LogP contribution is 2.25. The number of benzene rings is 1. The second kappa shape index (κ2) is 4.17. The SMILES string of the molecule is O=Cc1cc2ccc(OC(F)(F)F)cc2[nH]c1=O. The fourth-order valence-corrected chi connectivity index (χ4v) is 1.48. The molecule has 0 amide bonds. The number of aromatic amines is 1. The number of nitrogens with one attached hydrogen (secondary N) is 1.